The molecule has 0 saturated carbocycles. The summed E-state index contributed by atoms with van der Waals surface area (Å²) >= 11 is 0. The average molecular weight is 246 g/mol. The van der Waals surface area contributed by atoms with Gasteiger partial charge in [0.2, 0.25) is 0 Å². The second-order valence-electron chi connectivity index (χ2n) is 4.34. The van der Waals surface area contributed by atoms with E-state index in [9.17, 15) is 9.59 Å². The van der Waals surface area contributed by atoms with Crippen molar-refractivity contribution in [1.29, 1.82) is 0 Å². The van der Waals surface area contributed by atoms with Crippen molar-refractivity contribution in [2.75, 3.05) is 13.2 Å². The van der Waals surface area contributed by atoms with Crippen LogP contribution >= 0.6 is 0 Å². The van der Waals surface area contributed by atoms with Gasteiger partial charge in [0, 0.05) is 19.6 Å². The van der Waals surface area contributed by atoms with Crippen molar-refractivity contribution in [3.8, 4) is 0 Å². The summed E-state index contributed by atoms with van der Waals surface area (Å²) in [6.45, 7) is 4.45. The Balaban J connectivity index is 3.78. The van der Waals surface area contributed by atoms with Crippen LogP contribution in [0.4, 0.5) is 4.79 Å². The van der Waals surface area contributed by atoms with E-state index in [-0.39, 0.29) is 13.0 Å². The number of hydrogen-bond acceptors (Lipinski definition) is 3. The normalized spacial score (nSPS) is 12.2. The zero-order chi connectivity index (χ0) is 13.3. The summed E-state index contributed by atoms with van der Waals surface area (Å²) in [5.41, 5.74) is 0. The number of aliphatic hydroxyl groups is 1. The molecule has 0 rings (SSSR count). The molecule has 0 aromatic rings. The van der Waals surface area contributed by atoms with Gasteiger partial charge in [0.05, 0.1) is 0 Å². The highest BCUT2D eigenvalue weighted by atomic mass is 16.4. The van der Waals surface area contributed by atoms with Crippen LogP contribution in [0, 0.1) is 5.92 Å². The molecule has 0 saturated heterocycles. The lowest BCUT2D eigenvalue weighted by atomic mass is 10.1. The molecule has 0 aromatic carbocycles. The first kappa shape index (κ1) is 15.7. The van der Waals surface area contributed by atoms with Gasteiger partial charge in [-0.25, -0.2) is 9.59 Å². The Labute approximate surface area is 101 Å². The summed E-state index contributed by atoms with van der Waals surface area (Å²) < 4.78 is 0. The van der Waals surface area contributed by atoms with E-state index in [4.69, 9.17) is 10.2 Å². The molecule has 0 aliphatic carbocycles. The lowest BCUT2D eigenvalue weighted by molar-refractivity contribution is -0.139. The van der Waals surface area contributed by atoms with E-state index in [0.717, 1.165) is 12.8 Å². The Kier molecular flexibility index (Phi) is 8.13. The molecule has 100 valence electrons. The van der Waals surface area contributed by atoms with Gasteiger partial charge in [-0.2, -0.15) is 0 Å². The van der Waals surface area contributed by atoms with Crippen molar-refractivity contribution in [2.45, 2.75) is 39.2 Å². The molecule has 0 aliphatic heterocycles. The first-order valence-corrected chi connectivity index (χ1v) is 5.85. The molecular formula is C11H22N2O4. The summed E-state index contributed by atoms with van der Waals surface area (Å²) in [5.74, 6) is -0.558. The van der Waals surface area contributed by atoms with Crippen molar-refractivity contribution >= 4 is 12.0 Å². The fourth-order valence-corrected chi connectivity index (χ4v) is 1.31. The Bertz CT molecular complexity index is 244. The van der Waals surface area contributed by atoms with Gasteiger partial charge in [-0.05, 0) is 18.8 Å². The Morgan fingerprint density at radius 1 is 1.24 bits per heavy atom. The van der Waals surface area contributed by atoms with E-state index in [1.165, 1.54) is 0 Å². The van der Waals surface area contributed by atoms with Gasteiger partial charge in [-0.1, -0.05) is 13.8 Å². The molecule has 0 radical (unpaired) electrons. The first-order valence-electron chi connectivity index (χ1n) is 5.85. The predicted octanol–water partition coefficient (Wildman–Crippen LogP) is 0.557. The van der Waals surface area contributed by atoms with Crippen molar-refractivity contribution in [3.05, 3.63) is 0 Å². The molecule has 0 aliphatic rings. The molecule has 17 heavy (non-hydrogen) atoms. The molecule has 4 N–H and O–H groups in total. The maximum atomic E-state index is 11.3. The lowest BCUT2D eigenvalue weighted by Crippen LogP contribution is -2.46. The largest absolute Gasteiger partial charge is 0.480 e. The van der Waals surface area contributed by atoms with Gasteiger partial charge in [0.1, 0.15) is 6.04 Å². The van der Waals surface area contributed by atoms with Crippen LogP contribution in [0.25, 0.3) is 0 Å². The second kappa shape index (κ2) is 8.81. The maximum Gasteiger partial charge on any atom is 0.326 e. The SMILES string of the molecule is CC(C)CCCNC(=O)N[C@H](CCO)C(=O)O. The zero-order valence-electron chi connectivity index (χ0n) is 10.4. The number of carboxylic acids is 1. The molecule has 0 spiro atoms. The molecule has 0 heterocycles. The molecule has 0 fully saturated rings. The minimum Gasteiger partial charge on any atom is -0.480 e. The van der Waals surface area contributed by atoms with Crippen LogP contribution in [0.15, 0.2) is 0 Å². The molecule has 1 atom stereocenters. The van der Waals surface area contributed by atoms with Gasteiger partial charge >= 0.3 is 12.0 Å². The van der Waals surface area contributed by atoms with Gasteiger partial charge in [-0.3, -0.25) is 0 Å². The average Bonchev–Trinajstić information content (AvgIpc) is 2.23. The quantitative estimate of drug-likeness (QED) is 0.470. The van der Waals surface area contributed by atoms with E-state index in [0.29, 0.717) is 12.5 Å². The van der Waals surface area contributed by atoms with Crippen molar-refractivity contribution in [1.82, 2.24) is 10.6 Å². The van der Waals surface area contributed by atoms with E-state index in [2.05, 4.69) is 24.5 Å². The number of urea groups is 1. The topological polar surface area (TPSA) is 98.7 Å². The molecule has 2 amide bonds. The van der Waals surface area contributed by atoms with Gasteiger partial charge in [0.15, 0.2) is 0 Å². The fraction of sp³-hybridized carbons (Fsp3) is 0.818. The highest BCUT2D eigenvalue weighted by Crippen LogP contribution is 2.01. The van der Waals surface area contributed by atoms with E-state index in [1.807, 2.05) is 0 Å². The lowest BCUT2D eigenvalue weighted by Gasteiger charge is -2.14. The maximum absolute atomic E-state index is 11.3. The van der Waals surface area contributed by atoms with Crippen molar-refractivity contribution in [2.24, 2.45) is 5.92 Å². The second-order valence-corrected chi connectivity index (χ2v) is 4.34. The Morgan fingerprint density at radius 3 is 2.35 bits per heavy atom. The third kappa shape index (κ3) is 8.50. The number of carbonyl (C=O) groups excluding carboxylic acids is 1. The number of amides is 2. The fourth-order valence-electron chi connectivity index (χ4n) is 1.31. The smallest absolute Gasteiger partial charge is 0.326 e. The number of carbonyl (C=O) groups is 2. The van der Waals surface area contributed by atoms with Crippen molar-refractivity contribution < 1.29 is 19.8 Å². The van der Waals surface area contributed by atoms with Gasteiger partial charge in [-0.15, -0.1) is 0 Å². The van der Waals surface area contributed by atoms with Gasteiger partial charge < -0.3 is 20.8 Å². The number of aliphatic carboxylic acids is 1. The molecule has 6 nitrogen and oxygen atoms in total. The highest BCUT2D eigenvalue weighted by Gasteiger charge is 2.18. The summed E-state index contributed by atoms with van der Waals surface area (Å²) in [5, 5.41) is 22.3. The summed E-state index contributed by atoms with van der Waals surface area (Å²) in [7, 11) is 0. The third-order valence-electron chi connectivity index (χ3n) is 2.27. The van der Waals surface area contributed by atoms with Crippen LogP contribution in [0.5, 0.6) is 0 Å². The minimum atomic E-state index is -1.14. The summed E-state index contributed by atoms with van der Waals surface area (Å²) in [6, 6.07) is -1.54. The van der Waals surface area contributed by atoms with E-state index >= 15 is 0 Å². The van der Waals surface area contributed by atoms with Crippen LogP contribution in [0.2, 0.25) is 0 Å². The standard InChI is InChI=1S/C11H22N2O4/c1-8(2)4-3-6-12-11(17)13-9(5-7-14)10(15)16/h8-9,14H,3-7H2,1-2H3,(H,15,16)(H2,12,13,17)/t9-/m1/s1. The number of nitrogens with one attached hydrogen (secondary N) is 2. The number of aliphatic hydroxyl groups excluding tert-OH is 1. The van der Waals surface area contributed by atoms with Crippen molar-refractivity contribution in [3.63, 3.8) is 0 Å². The van der Waals surface area contributed by atoms with Crippen LogP contribution in [0.3, 0.4) is 0 Å². The summed E-state index contributed by atoms with van der Waals surface area (Å²) in [6.07, 6.45) is 1.89. The predicted molar refractivity (Wildman–Crippen MR) is 63.7 cm³/mol. The first-order chi connectivity index (χ1) is 7.97. The monoisotopic (exact) mass is 246 g/mol. The molecule has 6 heteroatoms. The Hall–Kier alpha value is -1.30. The van der Waals surface area contributed by atoms with E-state index < -0.39 is 18.0 Å². The number of carboxylic acid groups (broad SMARTS) is 1. The number of hydrogen-bond donors (Lipinski definition) is 4. The van der Waals surface area contributed by atoms with E-state index in [1.54, 1.807) is 0 Å². The number of rotatable bonds is 8. The van der Waals surface area contributed by atoms with Crippen LogP contribution in [-0.2, 0) is 4.79 Å². The van der Waals surface area contributed by atoms with Gasteiger partial charge in [0.25, 0.3) is 0 Å². The molecular weight excluding hydrogens is 224 g/mol. The summed E-state index contributed by atoms with van der Waals surface area (Å²) in [4.78, 5) is 22.0. The molecule has 0 unspecified atom stereocenters. The third-order valence-corrected chi connectivity index (χ3v) is 2.27. The zero-order valence-corrected chi connectivity index (χ0v) is 10.4. The van der Waals surface area contributed by atoms with Crippen LogP contribution in [-0.4, -0.2) is 41.4 Å². The van der Waals surface area contributed by atoms with Crippen LogP contribution < -0.4 is 10.6 Å². The minimum absolute atomic E-state index is 0.00868. The molecule has 0 bridgehead atoms. The highest BCUT2D eigenvalue weighted by molar-refractivity contribution is 5.82. The molecule has 0 aromatic heterocycles. The van der Waals surface area contributed by atoms with Crippen LogP contribution in [0.1, 0.15) is 33.1 Å². The Morgan fingerprint density at radius 2 is 1.88 bits per heavy atom.